The van der Waals surface area contributed by atoms with Crippen LogP contribution in [0.15, 0.2) is 48.7 Å². The minimum atomic E-state index is -4.77. The van der Waals surface area contributed by atoms with Gasteiger partial charge in [0.15, 0.2) is 11.5 Å². The number of pyridine rings is 2. The number of nitrogens with zero attached hydrogens (tertiary/aromatic N) is 6. The van der Waals surface area contributed by atoms with E-state index in [9.17, 15) is 22.8 Å². The van der Waals surface area contributed by atoms with E-state index in [4.69, 9.17) is 20.4 Å². The Morgan fingerprint density at radius 2 is 1.90 bits per heavy atom. The van der Waals surface area contributed by atoms with Crippen molar-refractivity contribution in [3.63, 3.8) is 0 Å². The molecule has 0 radical (unpaired) electrons. The number of aromatic nitrogens is 5. The number of hydrogen-bond donors (Lipinski definition) is 2. The molecule has 2 saturated carbocycles. The number of nitrogens with two attached hydrogens (primary N) is 1. The Morgan fingerprint density at radius 3 is 2.65 bits per heavy atom. The number of amides is 2. The first-order valence-electron chi connectivity index (χ1n) is 17.4. The predicted octanol–water partition coefficient (Wildman–Crippen LogP) is 5.87. The van der Waals surface area contributed by atoms with Crippen LogP contribution in [0.4, 0.5) is 13.2 Å². The standard InChI is InChI=1S/C37H39F3N8O3/c1-19(43-35(49)25-5-4-12-42-32(25)37(38,39)40)27-11-9-22-15-29(48(33(22)44-27)17-20-6-7-20)34-45-28-14-23(16-30(51-3)31(28)46(34)2)36(50)47-18-26(41)21-8-10-24(47)13-21/h4-5,9,11-12,14-16,19-21,24,26H,6-8,10,13,17-18,41H2,1-3H3,(H,43,49)/t19-,21+,24-,26+/m1/s1. The van der Waals surface area contributed by atoms with Gasteiger partial charge in [-0.25, -0.2) is 9.97 Å². The lowest BCUT2D eigenvalue weighted by Crippen LogP contribution is -2.51. The third-order valence-corrected chi connectivity index (χ3v) is 10.8. The summed E-state index contributed by atoms with van der Waals surface area (Å²) in [6.07, 6.45) is 1.37. The molecule has 2 amide bonds. The van der Waals surface area contributed by atoms with Crippen molar-refractivity contribution >= 4 is 33.9 Å². The molecule has 5 aromatic rings. The minimum Gasteiger partial charge on any atom is -0.494 e. The molecule has 0 spiro atoms. The van der Waals surface area contributed by atoms with Gasteiger partial charge in [0, 0.05) is 49.4 Å². The first-order chi connectivity index (χ1) is 24.4. The monoisotopic (exact) mass is 700 g/mol. The summed E-state index contributed by atoms with van der Waals surface area (Å²) in [5, 5.41) is 3.52. The molecule has 11 nitrogen and oxygen atoms in total. The molecule has 14 heteroatoms. The second-order valence-corrected chi connectivity index (χ2v) is 14.2. The number of benzene rings is 1. The Labute approximate surface area is 292 Å². The largest absolute Gasteiger partial charge is 0.494 e. The average Bonchev–Trinajstić information content (AvgIpc) is 3.58. The highest BCUT2D eigenvalue weighted by Crippen LogP contribution is 2.40. The van der Waals surface area contributed by atoms with Crippen LogP contribution in [-0.4, -0.2) is 66.5 Å². The number of methoxy groups -OCH3 is 1. The maximum absolute atomic E-state index is 13.9. The van der Waals surface area contributed by atoms with E-state index in [0.717, 1.165) is 61.0 Å². The molecule has 3 N–H and O–H groups in total. The second kappa shape index (κ2) is 12.4. The molecule has 0 unspecified atom stereocenters. The van der Waals surface area contributed by atoms with Crippen LogP contribution >= 0.6 is 0 Å². The van der Waals surface area contributed by atoms with Crippen molar-refractivity contribution < 1.29 is 27.5 Å². The number of hydrogen-bond acceptors (Lipinski definition) is 7. The number of alkyl halides is 3. The molecule has 1 aliphatic heterocycles. The van der Waals surface area contributed by atoms with Crippen molar-refractivity contribution in [2.45, 2.75) is 69.9 Å². The molecule has 8 rings (SSSR count). The van der Waals surface area contributed by atoms with Gasteiger partial charge < -0.3 is 29.8 Å². The van der Waals surface area contributed by atoms with Gasteiger partial charge in [-0.1, -0.05) is 0 Å². The Morgan fingerprint density at radius 1 is 1.10 bits per heavy atom. The van der Waals surface area contributed by atoms with Crippen LogP contribution in [0, 0.1) is 11.8 Å². The smallest absolute Gasteiger partial charge is 0.434 e. The summed E-state index contributed by atoms with van der Waals surface area (Å²) in [6.45, 7) is 2.92. The summed E-state index contributed by atoms with van der Waals surface area (Å²) >= 11 is 0. The highest BCUT2D eigenvalue weighted by atomic mass is 19.4. The molecular formula is C37H39F3N8O3. The molecule has 3 fully saturated rings. The van der Waals surface area contributed by atoms with Crippen LogP contribution in [0.5, 0.6) is 5.75 Å². The zero-order valence-corrected chi connectivity index (χ0v) is 28.6. The zero-order chi connectivity index (χ0) is 35.8. The molecule has 5 heterocycles. The lowest BCUT2D eigenvalue weighted by molar-refractivity contribution is -0.141. The van der Waals surface area contributed by atoms with Gasteiger partial charge in [-0.2, -0.15) is 13.2 Å². The third-order valence-electron chi connectivity index (χ3n) is 10.8. The maximum atomic E-state index is 13.9. The number of ether oxygens (including phenoxy) is 1. The predicted molar refractivity (Wildman–Crippen MR) is 184 cm³/mol. The van der Waals surface area contributed by atoms with E-state index in [2.05, 4.69) is 14.9 Å². The number of carbonyl (C=O) groups is 2. The number of likely N-dealkylation sites (tertiary alicyclic amines) is 1. The van der Waals surface area contributed by atoms with Gasteiger partial charge in [0.1, 0.15) is 16.9 Å². The van der Waals surface area contributed by atoms with Gasteiger partial charge in [-0.05, 0) is 93.3 Å². The van der Waals surface area contributed by atoms with Crippen LogP contribution in [0.2, 0.25) is 0 Å². The van der Waals surface area contributed by atoms with E-state index in [-0.39, 0.29) is 18.0 Å². The molecule has 1 saturated heterocycles. The van der Waals surface area contributed by atoms with Crippen molar-refractivity contribution in [2.75, 3.05) is 13.7 Å². The summed E-state index contributed by atoms with van der Waals surface area (Å²) in [5.41, 5.74) is 8.54. The van der Waals surface area contributed by atoms with E-state index < -0.39 is 29.4 Å². The lowest BCUT2D eigenvalue weighted by Gasteiger charge is -2.37. The van der Waals surface area contributed by atoms with Crippen LogP contribution in [0.25, 0.3) is 33.6 Å². The van der Waals surface area contributed by atoms with Gasteiger partial charge >= 0.3 is 6.18 Å². The molecule has 51 heavy (non-hydrogen) atoms. The number of fused-ring (bicyclic) bond motifs is 4. The molecule has 2 aliphatic carbocycles. The van der Waals surface area contributed by atoms with Crippen LogP contribution in [0.3, 0.4) is 0 Å². The number of carbonyl (C=O) groups excluding carboxylic acids is 2. The second-order valence-electron chi connectivity index (χ2n) is 14.2. The van der Waals surface area contributed by atoms with Gasteiger partial charge in [-0.15, -0.1) is 0 Å². The Kier molecular flexibility index (Phi) is 8.04. The average molecular weight is 701 g/mol. The van der Waals surface area contributed by atoms with E-state index in [1.807, 2.05) is 34.7 Å². The van der Waals surface area contributed by atoms with Crippen molar-refractivity contribution in [2.24, 2.45) is 24.6 Å². The van der Waals surface area contributed by atoms with Crippen LogP contribution in [0.1, 0.15) is 77.2 Å². The summed E-state index contributed by atoms with van der Waals surface area (Å²) in [6, 6.07) is 11.2. The first-order valence-corrected chi connectivity index (χ1v) is 17.4. The number of nitrogens with one attached hydrogen (secondary N) is 1. The molecule has 4 atom stereocenters. The number of imidazole rings is 1. The molecule has 2 bridgehead atoms. The van der Waals surface area contributed by atoms with Crippen LogP contribution in [-0.2, 0) is 19.8 Å². The van der Waals surface area contributed by atoms with Crippen molar-refractivity contribution in [3.05, 3.63) is 71.2 Å². The highest BCUT2D eigenvalue weighted by molar-refractivity contribution is 6.00. The summed E-state index contributed by atoms with van der Waals surface area (Å²) < 4.78 is 50.6. The van der Waals surface area contributed by atoms with Crippen molar-refractivity contribution in [1.29, 1.82) is 0 Å². The SMILES string of the molecule is COc1cc(C(=O)N2C[C@H](N)[C@H]3CC[C@@H]2C3)cc2nc(-c3cc4ccc([C@@H](C)NC(=O)c5cccnc5C(F)(F)F)nc4n3CC3CC3)n(C)c12. The number of halogens is 3. The Bertz CT molecular complexity index is 2190. The van der Waals surface area contributed by atoms with Crippen LogP contribution < -0.4 is 15.8 Å². The van der Waals surface area contributed by atoms with E-state index >= 15 is 0 Å². The number of piperidine rings is 1. The Balaban J connectivity index is 1.15. The minimum absolute atomic E-state index is 0.0232. The maximum Gasteiger partial charge on any atom is 0.434 e. The third kappa shape index (κ3) is 5.88. The summed E-state index contributed by atoms with van der Waals surface area (Å²) in [5.74, 6) is 1.20. The van der Waals surface area contributed by atoms with Gasteiger partial charge in [0.25, 0.3) is 11.8 Å². The van der Waals surface area contributed by atoms with Crippen molar-refractivity contribution in [3.8, 4) is 17.3 Å². The zero-order valence-electron chi connectivity index (χ0n) is 28.6. The molecular weight excluding hydrogens is 661 g/mol. The quantitative estimate of drug-likeness (QED) is 0.207. The molecule has 266 valence electrons. The molecule has 3 aliphatic rings. The van der Waals surface area contributed by atoms with Gasteiger partial charge in [-0.3, -0.25) is 14.6 Å². The van der Waals surface area contributed by atoms with Gasteiger partial charge in [0.2, 0.25) is 0 Å². The highest BCUT2D eigenvalue weighted by Gasteiger charge is 2.41. The van der Waals surface area contributed by atoms with Crippen molar-refractivity contribution in [1.82, 2.24) is 34.3 Å². The lowest BCUT2D eigenvalue weighted by atomic mass is 9.94. The summed E-state index contributed by atoms with van der Waals surface area (Å²) in [7, 11) is 3.50. The van der Waals surface area contributed by atoms with E-state index in [1.165, 1.54) is 6.07 Å². The topological polar surface area (TPSA) is 133 Å². The van der Waals surface area contributed by atoms with Gasteiger partial charge in [0.05, 0.1) is 35.6 Å². The summed E-state index contributed by atoms with van der Waals surface area (Å²) in [4.78, 5) is 42.2. The van der Waals surface area contributed by atoms with E-state index in [0.29, 0.717) is 58.9 Å². The fourth-order valence-electron chi connectivity index (χ4n) is 7.90. The normalized spacial score (nSPS) is 21.0. The Hall–Kier alpha value is -4.98. The number of aryl methyl sites for hydroxylation is 1. The molecule has 4 aromatic heterocycles. The molecule has 1 aromatic carbocycles. The fraction of sp³-hybridized carbons (Fsp3) is 0.432. The van der Waals surface area contributed by atoms with E-state index in [1.54, 1.807) is 26.2 Å². The fourth-order valence-corrected chi connectivity index (χ4v) is 7.90. The first kappa shape index (κ1) is 33.2. The number of rotatable bonds is 8.